The fourth-order valence-corrected chi connectivity index (χ4v) is 4.57. The number of urea groups is 1. The molecule has 4 fully saturated rings. The smallest absolute Gasteiger partial charge is 0.323 e. The van der Waals surface area contributed by atoms with Crippen LogP contribution in [0.25, 0.3) is 0 Å². The highest BCUT2D eigenvalue weighted by Gasteiger charge is 2.65. The summed E-state index contributed by atoms with van der Waals surface area (Å²) in [6.45, 7) is 0.635. The van der Waals surface area contributed by atoms with Crippen LogP contribution >= 0.6 is 0 Å². The van der Waals surface area contributed by atoms with E-state index in [1.165, 1.54) is 32.1 Å². The molecule has 1 saturated heterocycles. The van der Waals surface area contributed by atoms with Crippen molar-refractivity contribution < 1.29 is 9.59 Å². The molecule has 0 aromatic rings. The molecule has 0 aromatic carbocycles. The van der Waals surface area contributed by atoms with Gasteiger partial charge in [-0.05, 0) is 49.9 Å². The highest BCUT2D eigenvalue weighted by molar-refractivity contribution is 6.07. The number of carbonyl (C=O) groups is 2. The molecule has 116 valence electrons. The van der Waals surface area contributed by atoms with Crippen LogP contribution in [-0.2, 0) is 4.79 Å². The van der Waals surface area contributed by atoms with E-state index in [0.29, 0.717) is 18.4 Å². The number of carbonyl (C=O) groups excluding carboxylic acids is 2. The van der Waals surface area contributed by atoms with Crippen LogP contribution in [0.2, 0.25) is 0 Å². The topological polar surface area (TPSA) is 49.4 Å². The summed E-state index contributed by atoms with van der Waals surface area (Å²) in [6, 6.07) is -0.116. The summed E-state index contributed by atoms with van der Waals surface area (Å²) in [5.41, 5.74) is -0.496. The van der Waals surface area contributed by atoms with Crippen molar-refractivity contribution in [3.05, 3.63) is 0 Å². The van der Waals surface area contributed by atoms with Gasteiger partial charge in [-0.1, -0.05) is 32.1 Å². The Hall–Kier alpha value is -1.06. The molecule has 3 aliphatic carbocycles. The van der Waals surface area contributed by atoms with Gasteiger partial charge in [-0.15, -0.1) is 0 Å². The van der Waals surface area contributed by atoms with E-state index in [1.54, 1.807) is 4.90 Å². The van der Waals surface area contributed by atoms with Crippen LogP contribution in [-0.4, -0.2) is 28.9 Å². The van der Waals surface area contributed by atoms with Crippen molar-refractivity contribution in [3.8, 4) is 0 Å². The molecule has 21 heavy (non-hydrogen) atoms. The number of nitrogens with one attached hydrogen (secondary N) is 1. The van der Waals surface area contributed by atoms with Gasteiger partial charge in [-0.3, -0.25) is 9.69 Å². The Bertz CT molecular complexity index is 436. The summed E-state index contributed by atoms with van der Waals surface area (Å²) in [7, 11) is 0. The molecule has 4 heteroatoms. The first-order chi connectivity index (χ1) is 10.2. The second-order valence-corrected chi connectivity index (χ2v) is 7.60. The first-order valence-electron chi connectivity index (χ1n) is 8.86. The van der Waals surface area contributed by atoms with Crippen LogP contribution in [0.4, 0.5) is 4.79 Å². The van der Waals surface area contributed by atoms with Gasteiger partial charge in [-0.2, -0.15) is 0 Å². The van der Waals surface area contributed by atoms with E-state index >= 15 is 0 Å². The maximum absolute atomic E-state index is 12.9. The highest BCUT2D eigenvalue weighted by Crippen LogP contribution is 2.54. The average Bonchev–Trinajstić information content (AvgIpc) is 3.39. The second kappa shape index (κ2) is 4.99. The predicted molar refractivity (Wildman–Crippen MR) is 79.6 cm³/mol. The summed E-state index contributed by atoms with van der Waals surface area (Å²) in [5, 5.41) is 3.12. The van der Waals surface area contributed by atoms with E-state index < -0.39 is 5.54 Å². The Morgan fingerprint density at radius 3 is 2.14 bits per heavy atom. The van der Waals surface area contributed by atoms with Crippen LogP contribution in [0.5, 0.6) is 0 Å². The maximum atomic E-state index is 12.9. The van der Waals surface area contributed by atoms with Crippen molar-refractivity contribution in [2.24, 2.45) is 17.8 Å². The van der Waals surface area contributed by atoms with Crippen molar-refractivity contribution in [1.82, 2.24) is 10.2 Å². The van der Waals surface area contributed by atoms with Crippen LogP contribution in [0, 0.1) is 17.8 Å². The summed E-state index contributed by atoms with van der Waals surface area (Å²) in [4.78, 5) is 26.8. The number of amides is 3. The van der Waals surface area contributed by atoms with Crippen molar-refractivity contribution in [2.45, 2.75) is 69.7 Å². The minimum atomic E-state index is -0.496. The molecule has 1 aliphatic heterocycles. The van der Waals surface area contributed by atoms with E-state index in [0.717, 1.165) is 38.0 Å². The largest absolute Gasteiger partial charge is 0.325 e. The summed E-state index contributed by atoms with van der Waals surface area (Å²) in [6.07, 6.45) is 12.0. The third kappa shape index (κ3) is 2.27. The van der Waals surface area contributed by atoms with Gasteiger partial charge in [0.15, 0.2) is 0 Å². The zero-order valence-corrected chi connectivity index (χ0v) is 12.8. The third-order valence-corrected chi connectivity index (χ3v) is 6.09. The van der Waals surface area contributed by atoms with Crippen LogP contribution in [0.15, 0.2) is 0 Å². The third-order valence-electron chi connectivity index (χ3n) is 6.09. The van der Waals surface area contributed by atoms with Gasteiger partial charge in [-0.25, -0.2) is 4.79 Å². The molecule has 4 aliphatic rings. The summed E-state index contributed by atoms with van der Waals surface area (Å²) < 4.78 is 0. The van der Waals surface area contributed by atoms with Crippen molar-refractivity contribution in [3.63, 3.8) is 0 Å². The molecular weight excluding hydrogens is 264 g/mol. The zero-order chi connectivity index (χ0) is 14.4. The number of imide groups is 1. The average molecular weight is 290 g/mol. The molecule has 0 bridgehead atoms. The molecule has 1 N–H and O–H groups in total. The summed E-state index contributed by atoms with van der Waals surface area (Å²) in [5.74, 6) is 1.66. The fourth-order valence-electron chi connectivity index (χ4n) is 4.57. The minimum absolute atomic E-state index is 0.105. The Morgan fingerprint density at radius 1 is 0.952 bits per heavy atom. The molecule has 0 unspecified atom stereocenters. The van der Waals surface area contributed by atoms with Gasteiger partial charge in [0.1, 0.15) is 5.54 Å². The molecular formula is C17H26N2O2. The Balaban J connectivity index is 1.43. The van der Waals surface area contributed by atoms with Gasteiger partial charge in [0.05, 0.1) is 0 Å². The standard InChI is InChI=1S/C17H26N2O2/c20-15-17(13-6-7-13,14-8-9-14)18-16(21)19(15)11-10-12-4-2-1-3-5-12/h12-14H,1-11H2,(H,18,21). The SMILES string of the molecule is O=C1NC(C2CC2)(C2CC2)C(=O)N1CCC1CCCCC1. The molecule has 0 atom stereocenters. The molecule has 0 aromatic heterocycles. The molecule has 0 spiro atoms. The number of hydrogen-bond acceptors (Lipinski definition) is 2. The normalized spacial score (nSPS) is 29.8. The number of hydrogen-bond donors (Lipinski definition) is 1. The van der Waals surface area contributed by atoms with Crippen LogP contribution in [0.1, 0.15) is 64.2 Å². The number of nitrogens with zero attached hydrogens (tertiary/aromatic N) is 1. The molecule has 3 saturated carbocycles. The molecule has 3 amide bonds. The summed E-state index contributed by atoms with van der Waals surface area (Å²) >= 11 is 0. The van der Waals surface area contributed by atoms with E-state index in [9.17, 15) is 9.59 Å². The molecule has 4 rings (SSSR count). The highest BCUT2D eigenvalue weighted by atomic mass is 16.2. The quantitative estimate of drug-likeness (QED) is 0.791. The number of rotatable bonds is 5. The lowest BCUT2D eigenvalue weighted by Gasteiger charge is -2.27. The van der Waals surface area contributed by atoms with Crippen molar-refractivity contribution in [2.75, 3.05) is 6.54 Å². The first-order valence-corrected chi connectivity index (χ1v) is 8.86. The molecule has 1 heterocycles. The monoisotopic (exact) mass is 290 g/mol. The lowest BCUT2D eigenvalue weighted by atomic mass is 9.86. The Morgan fingerprint density at radius 2 is 1.57 bits per heavy atom. The van der Waals surface area contributed by atoms with E-state index in [1.807, 2.05) is 0 Å². The van der Waals surface area contributed by atoms with Gasteiger partial charge in [0.2, 0.25) is 0 Å². The zero-order valence-electron chi connectivity index (χ0n) is 12.8. The Labute approximate surface area is 126 Å². The van der Waals surface area contributed by atoms with E-state index in [2.05, 4.69) is 5.32 Å². The lowest BCUT2D eigenvalue weighted by Crippen LogP contribution is -2.51. The van der Waals surface area contributed by atoms with Gasteiger partial charge in [0.25, 0.3) is 5.91 Å². The van der Waals surface area contributed by atoms with Gasteiger partial charge >= 0.3 is 6.03 Å². The van der Waals surface area contributed by atoms with Crippen LogP contribution < -0.4 is 5.32 Å². The lowest BCUT2D eigenvalue weighted by molar-refractivity contribution is -0.133. The van der Waals surface area contributed by atoms with E-state index in [-0.39, 0.29) is 11.9 Å². The minimum Gasteiger partial charge on any atom is -0.323 e. The maximum Gasteiger partial charge on any atom is 0.325 e. The predicted octanol–water partition coefficient (Wildman–Crippen LogP) is 3.07. The van der Waals surface area contributed by atoms with Gasteiger partial charge < -0.3 is 5.32 Å². The molecule has 0 radical (unpaired) electrons. The fraction of sp³-hybridized carbons (Fsp3) is 0.882. The Kier molecular flexibility index (Phi) is 3.23. The van der Waals surface area contributed by atoms with Gasteiger partial charge in [0, 0.05) is 6.54 Å². The van der Waals surface area contributed by atoms with Crippen LogP contribution in [0.3, 0.4) is 0 Å². The van der Waals surface area contributed by atoms with E-state index in [4.69, 9.17) is 0 Å². The second-order valence-electron chi connectivity index (χ2n) is 7.60. The van der Waals surface area contributed by atoms with Crippen molar-refractivity contribution >= 4 is 11.9 Å². The molecule has 4 nitrogen and oxygen atoms in total. The first kappa shape index (κ1) is 13.6. The van der Waals surface area contributed by atoms with Crippen molar-refractivity contribution in [1.29, 1.82) is 0 Å².